The predicted octanol–water partition coefficient (Wildman–Crippen LogP) is 7.05. The largest absolute Gasteiger partial charge is 0.347 e. The number of hydrogen-bond donors (Lipinski definition) is 6. The summed E-state index contributed by atoms with van der Waals surface area (Å²) in [4.78, 5) is 106. The van der Waals surface area contributed by atoms with E-state index in [0.717, 1.165) is 57.9 Å². The van der Waals surface area contributed by atoms with Gasteiger partial charge in [-0.15, -0.1) is 0 Å². The van der Waals surface area contributed by atoms with Crippen LogP contribution in [-0.4, -0.2) is 119 Å². The van der Waals surface area contributed by atoms with Gasteiger partial charge < -0.3 is 46.6 Å². The van der Waals surface area contributed by atoms with Crippen molar-refractivity contribution in [1.29, 1.82) is 0 Å². The number of fused-ring (bicyclic) bond motifs is 3. The maximum Gasteiger partial charge on any atom is 0.251 e. The van der Waals surface area contributed by atoms with Crippen LogP contribution in [0.1, 0.15) is 137 Å². The highest BCUT2D eigenvalue weighted by molar-refractivity contribution is 5.97. The summed E-state index contributed by atoms with van der Waals surface area (Å²) in [6, 6.07) is 31.0. The lowest BCUT2D eigenvalue weighted by Crippen LogP contribution is -2.62. The molecule has 0 spiro atoms. The minimum Gasteiger partial charge on any atom is -0.347 e. The van der Waals surface area contributed by atoms with Crippen molar-refractivity contribution in [2.45, 2.75) is 162 Å². The van der Waals surface area contributed by atoms with E-state index in [9.17, 15) is 24.0 Å². The number of aryl methyl sites for hydroxylation is 1. The van der Waals surface area contributed by atoms with Gasteiger partial charge in [-0.3, -0.25) is 33.6 Å². The van der Waals surface area contributed by atoms with Gasteiger partial charge in [0.2, 0.25) is 35.4 Å². The van der Waals surface area contributed by atoms with E-state index >= 15 is 9.59 Å². The lowest BCUT2D eigenvalue weighted by atomic mass is 9.84. The molecule has 5 aromatic carbocycles. The maximum absolute atomic E-state index is 15.7. The van der Waals surface area contributed by atoms with Crippen LogP contribution in [0.25, 0.3) is 10.8 Å². The molecule has 430 valence electrons. The first-order valence-electron chi connectivity index (χ1n) is 28.7. The molecule has 8 rings (SSSR count). The summed E-state index contributed by atoms with van der Waals surface area (Å²) in [5.74, 6) is -2.42. The highest BCUT2D eigenvalue weighted by Gasteiger charge is 2.47. The molecule has 0 saturated carbocycles. The summed E-state index contributed by atoms with van der Waals surface area (Å²) in [5.41, 5.74) is 4.68. The van der Waals surface area contributed by atoms with Gasteiger partial charge in [0, 0.05) is 37.7 Å². The van der Waals surface area contributed by atoms with Crippen molar-refractivity contribution in [2.75, 3.05) is 20.6 Å². The predicted molar refractivity (Wildman–Crippen MR) is 315 cm³/mol. The van der Waals surface area contributed by atoms with Crippen LogP contribution in [0.5, 0.6) is 0 Å². The standard InChI is InChI=1S/C65H83N9O7/c1-39(66-10)57(75)70-55(64(4,5)6)62(80)73-37-49-23-15-14-22-48(49)34-54(73)61(79)72(41(3)46-32-31-43-19-12-13-21-47(43)33-46)36-42-27-29-45(30-28-42)59(77)68-50-35-53(60(78)69-52-26-18-24-44-20-16-17-25-51(44)52)74(38-50)63(81)56(65(7,8)9)71-58(76)40(2)67-11/h12-17,19-23,25,27-33,39-41,50,52-56,66-67H,18,24,26,34-38H2,1-11H3,(H,68,77)(H,69,78)(H,70,75)(H,71,76)/t39-,40-,41+,50?,52?,53-,54-,55+,56+/m0/s1. The highest BCUT2D eigenvalue weighted by atomic mass is 16.2. The number of likely N-dealkylation sites (N-methyl/N-ethyl adjacent to an activating group) is 2. The SMILES string of the molecule is CN[C@@H](C)C(=O)N[C@H](C(=O)N1CC(NC(=O)c2ccc(CN(C(=O)[C@@H]3Cc4ccccc4CN3C(=O)[C@@H](NC(=O)[C@H](C)NC)C(C)(C)C)[C@H](C)c3ccc4ccccc4c3)cc2)C[C@H]1C(=O)NC1CCCc2ccccc21)C(C)(C)C. The molecule has 2 heterocycles. The van der Waals surface area contributed by atoms with E-state index in [2.05, 4.69) is 44.0 Å². The molecule has 0 aromatic heterocycles. The number of amides is 7. The van der Waals surface area contributed by atoms with Gasteiger partial charge in [0.15, 0.2) is 0 Å². The van der Waals surface area contributed by atoms with Crippen LogP contribution in [0.4, 0.5) is 0 Å². The molecule has 5 aromatic rings. The Hall–Kier alpha value is -7.43. The number of hydrogen-bond acceptors (Lipinski definition) is 9. The fourth-order valence-electron chi connectivity index (χ4n) is 11.5. The first kappa shape index (κ1) is 59.7. The number of nitrogens with zero attached hydrogens (tertiary/aromatic N) is 3. The quantitative estimate of drug-likeness (QED) is 0.0565. The number of carbonyl (C=O) groups excluding carboxylic acids is 7. The highest BCUT2D eigenvalue weighted by Crippen LogP contribution is 2.35. The van der Waals surface area contributed by atoms with Gasteiger partial charge in [0.25, 0.3) is 5.91 Å². The fraction of sp³-hybridized carbons (Fsp3) is 0.462. The van der Waals surface area contributed by atoms with Crippen LogP contribution in [-0.2, 0) is 54.7 Å². The second kappa shape index (κ2) is 25.2. The van der Waals surface area contributed by atoms with Crippen LogP contribution in [0.15, 0.2) is 115 Å². The second-order valence-corrected chi connectivity index (χ2v) is 24.6. The Bertz CT molecular complexity index is 3130. The first-order chi connectivity index (χ1) is 38.5. The molecule has 1 fully saturated rings. The molecule has 6 N–H and O–H groups in total. The molecule has 0 radical (unpaired) electrons. The van der Waals surface area contributed by atoms with Crippen LogP contribution in [0, 0.1) is 10.8 Å². The molecule has 0 bridgehead atoms. The molecule has 81 heavy (non-hydrogen) atoms. The van der Waals surface area contributed by atoms with Gasteiger partial charge in [-0.1, -0.05) is 139 Å². The molecule has 2 aliphatic heterocycles. The van der Waals surface area contributed by atoms with Crippen molar-refractivity contribution < 1.29 is 33.6 Å². The Kier molecular flexibility index (Phi) is 18.5. The van der Waals surface area contributed by atoms with E-state index in [1.54, 1.807) is 49.9 Å². The molecular weight excluding hydrogens is 1020 g/mol. The average Bonchev–Trinajstić information content (AvgIpc) is 3.93. The van der Waals surface area contributed by atoms with E-state index in [4.69, 9.17) is 0 Å². The number of nitrogens with one attached hydrogen (secondary N) is 6. The van der Waals surface area contributed by atoms with Gasteiger partial charge in [-0.25, -0.2) is 0 Å². The third-order valence-corrected chi connectivity index (χ3v) is 16.8. The minimum absolute atomic E-state index is 0.0405. The first-order valence-corrected chi connectivity index (χ1v) is 28.7. The summed E-state index contributed by atoms with van der Waals surface area (Å²) in [5, 5.41) is 20.3. The van der Waals surface area contributed by atoms with Crippen molar-refractivity contribution in [3.63, 3.8) is 0 Å². The summed E-state index contributed by atoms with van der Waals surface area (Å²) < 4.78 is 0. The molecule has 1 aliphatic carbocycles. The van der Waals surface area contributed by atoms with E-state index in [1.165, 1.54) is 10.5 Å². The third-order valence-electron chi connectivity index (χ3n) is 16.8. The summed E-state index contributed by atoms with van der Waals surface area (Å²) in [6.45, 7) is 17.1. The fourth-order valence-corrected chi connectivity index (χ4v) is 11.5. The van der Waals surface area contributed by atoms with E-state index in [1.807, 2.05) is 139 Å². The number of benzene rings is 5. The van der Waals surface area contributed by atoms with Gasteiger partial charge in [0.05, 0.1) is 24.2 Å². The zero-order valence-corrected chi connectivity index (χ0v) is 49.0. The third kappa shape index (κ3) is 13.7. The molecule has 16 nitrogen and oxygen atoms in total. The number of rotatable bonds is 17. The van der Waals surface area contributed by atoms with Crippen molar-refractivity contribution in [3.05, 3.63) is 154 Å². The summed E-state index contributed by atoms with van der Waals surface area (Å²) in [7, 11) is 3.36. The Balaban J connectivity index is 1.07. The van der Waals surface area contributed by atoms with Crippen molar-refractivity contribution in [3.8, 4) is 0 Å². The molecule has 9 atom stereocenters. The topological polar surface area (TPSA) is 201 Å². The lowest BCUT2D eigenvalue weighted by molar-refractivity contribution is -0.152. The zero-order valence-electron chi connectivity index (χ0n) is 49.0. The molecular formula is C65H83N9O7. The Morgan fingerprint density at radius 3 is 1.81 bits per heavy atom. The van der Waals surface area contributed by atoms with E-state index < -0.39 is 71.0 Å². The molecule has 7 amide bonds. The van der Waals surface area contributed by atoms with Crippen molar-refractivity contribution in [1.82, 2.24) is 46.6 Å². The number of carbonyl (C=O) groups is 7. The normalized spacial score (nSPS) is 19.9. The van der Waals surface area contributed by atoms with Crippen LogP contribution in [0.2, 0.25) is 0 Å². The average molecular weight is 1100 g/mol. The lowest BCUT2D eigenvalue weighted by Gasteiger charge is -2.43. The smallest absolute Gasteiger partial charge is 0.251 e. The minimum atomic E-state index is -0.971. The zero-order chi connectivity index (χ0) is 58.5. The summed E-state index contributed by atoms with van der Waals surface area (Å²) >= 11 is 0. The Morgan fingerprint density at radius 2 is 1.20 bits per heavy atom. The molecule has 1 saturated heterocycles. The Morgan fingerprint density at radius 1 is 0.630 bits per heavy atom. The van der Waals surface area contributed by atoms with Crippen molar-refractivity contribution in [2.24, 2.45) is 10.8 Å². The second-order valence-electron chi connectivity index (χ2n) is 24.6. The van der Waals surface area contributed by atoms with Crippen LogP contribution >= 0.6 is 0 Å². The van der Waals surface area contributed by atoms with Crippen molar-refractivity contribution >= 4 is 52.1 Å². The molecule has 2 unspecified atom stereocenters. The van der Waals surface area contributed by atoms with Gasteiger partial charge in [0.1, 0.15) is 24.2 Å². The van der Waals surface area contributed by atoms with Crippen LogP contribution in [0.3, 0.4) is 0 Å². The Labute approximate surface area is 477 Å². The monoisotopic (exact) mass is 1100 g/mol. The van der Waals surface area contributed by atoms with E-state index in [-0.39, 0.29) is 68.1 Å². The van der Waals surface area contributed by atoms with Gasteiger partial charge in [-0.05, 0) is 134 Å². The maximum atomic E-state index is 15.7. The molecule has 3 aliphatic rings. The summed E-state index contributed by atoms with van der Waals surface area (Å²) in [6.07, 6.45) is 2.98. The number of likely N-dealkylation sites (tertiary alicyclic amines) is 1. The van der Waals surface area contributed by atoms with E-state index in [0.29, 0.717) is 5.56 Å². The van der Waals surface area contributed by atoms with Gasteiger partial charge in [-0.2, -0.15) is 0 Å². The molecule has 16 heteroatoms. The van der Waals surface area contributed by atoms with Crippen LogP contribution < -0.4 is 31.9 Å². The van der Waals surface area contributed by atoms with Gasteiger partial charge >= 0.3 is 0 Å².